The summed E-state index contributed by atoms with van der Waals surface area (Å²) in [6.07, 6.45) is 1.56. The first-order valence-electron chi connectivity index (χ1n) is 5.87. The Morgan fingerprint density at radius 2 is 1.74 bits per heavy atom. The van der Waals surface area contributed by atoms with Crippen LogP contribution in [0.25, 0.3) is 0 Å². The summed E-state index contributed by atoms with van der Waals surface area (Å²) in [6.45, 7) is 5.61. The van der Waals surface area contributed by atoms with Crippen LogP contribution in [0.4, 0.5) is 5.69 Å². The van der Waals surface area contributed by atoms with Crippen LogP contribution in [0.3, 0.4) is 0 Å². The lowest BCUT2D eigenvalue weighted by Gasteiger charge is -2.26. The van der Waals surface area contributed by atoms with Gasteiger partial charge in [-0.2, -0.15) is 0 Å². The van der Waals surface area contributed by atoms with Gasteiger partial charge in [0.2, 0.25) is 10.0 Å². The first-order valence-corrected chi connectivity index (χ1v) is 8.11. The van der Waals surface area contributed by atoms with Crippen LogP contribution in [0.5, 0.6) is 0 Å². The SMILES string of the molecule is CCCC(C)(C)NS(=O)(=O)c1c(Cl)cc(N)cc1Cl. The molecule has 0 aromatic heterocycles. The van der Waals surface area contributed by atoms with E-state index in [-0.39, 0.29) is 14.9 Å². The maximum Gasteiger partial charge on any atom is 0.244 e. The molecule has 0 aliphatic heterocycles. The Labute approximate surface area is 124 Å². The van der Waals surface area contributed by atoms with Crippen LogP contribution < -0.4 is 10.5 Å². The van der Waals surface area contributed by atoms with Crippen molar-refractivity contribution in [2.45, 2.75) is 44.0 Å². The zero-order valence-corrected chi connectivity index (χ0v) is 13.5. The van der Waals surface area contributed by atoms with E-state index in [9.17, 15) is 8.42 Å². The molecular formula is C12H18Cl2N2O2S. The van der Waals surface area contributed by atoms with Gasteiger partial charge in [-0.05, 0) is 32.4 Å². The maximum absolute atomic E-state index is 12.4. The average molecular weight is 325 g/mol. The Balaban J connectivity index is 3.22. The lowest BCUT2D eigenvalue weighted by Crippen LogP contribution is -2.43. The zero-order chi connectivity index (χ0) is 14.8. The molecule has 0 fully saturated rings. The number of rotatable bonds is 5. The van der Waals surface area contributed by atoms with Gasteiger partial charge >= 0.3 is 0 Å². The van der Waals surface area contributed by atoms with E-state index in [4.69, 9.17) is 28.9 Å². The predicted octanol–water partition coefficient (Wildman–Crippen LogP) is 3.43. The molecule has 1 aromatic carbocycles. The largest absolute Gasteiger partial charge is 0.399 e. The van der Waals surface area contributed by atoms with Crippen molar-refractivity contribution < 1.29 is 8.42 Å². The van der Waals surface area contributed by atoms with Gasteiger partial charge in [-0.3, -0.25) is 0 Å². The Bertz CT molecular complexity index is 548. The molecule has 0 bridgehead atoms. The van der Waals surface area contributed by atoms with Gasteiger partial charge < -0.3 is 5.73 Å². The average Bonchev–Trinajstić information content (AvgIpc) is 2.11. The third-order valence-corrected chi connectivity index (χ3v) is 5.19. The number of nitrogens with two attached hydrogens (primary N) is 1. The van der Waals surface area contributed by atoms with E-state index in [1.807, 2.05) is 20.8 Å². The van der Waals surface area contributed by atoms with Gasteiger partial charge in [-0.1, -0.05) is 36.5 Å². The summed E-state index contributed by atoms with van der Waals surface area (Å²) in [6, 6.07) is 2.74. The van der Waals surface area contributed by atoms with Crippen LogP contribution in [0, 0.1) is 0 Å². The third kappa shape index (κ3) is 4.24. The van der Waals surface area contributed by atoms with Crippen LogP contribution in [0.2, 0.25) is 10.0 Å². The summed E-state index contributed by atoms with van der Waals surface area (Å²) in [5, 5.41) is 0.0367. The smallest absolute Gasteiger partial charge is 0.244 e. The van der Waals surface area contributed by atoms with Crippen molar-refractivity contribution in [3.63, 3.8) is 0 Å². The molecule has 19 heavy (non-hydrogen) atoms. The molecule has 3 N–H and O–H groups in total. The summed E-state index contributed by atoms with van der Waals surface area (Å²) in [5.41, 5.74) is 5.32. The van der Waals surface area contributed by atoms with E-state index < -0.39 is 15.6 Å². The van der Waals surface area contributed by atoms with Gasteiger partial charge in [0.25, 0.3) is 0 Å². The number of nitrogen functional groups attached to an aromatic ring is 1. The van der Waals surface area contributed by atoms with E-state index in [1.54, 1.807) is 0 Å². The molecule has 0 aliphatic carbocycles. The van der Waals surface area contributed by atoms with Crippen LogP contribution in [-0.2, 0) is 10.0 Å². The molecule has 108 valence electrons. The second-order valence-electron chi connectivity index (χ2n) is 5.05. The monoisotopic (exact) mass is 324 g/mol. The fourth-order valence-corrected chi connectivity index (χ4v) is 4.60. The number of hydrogen-bond acceptors (Lipinski definition) is 3. The molecule has 0 unspecified atom stereocenters. The number of anilines is 1. The van der Waals surface area contributed by atoms with Crippen molar-refractivity contribution in [3.8, 4) is 0 Å². The molecule has 0 radical (unpaired) electrons. The molecule has 4 nitrogen and oxygen atoms in total. The quantitative estimate of drug-likeness (QED) is 0.815. The molecular weight excluding hydrogens is 307 g/mol. The lowest BCUT2D eigenvalue weighted by atomic mass is 10.0. The van der Waals surface area contributed by atoms with E-state index in [0.717, 1.165) is 6.42 Å². The molecule has 0 atom stereocenters. The standard InChI is InChI=1S/C12H18Cl2N2O2S/c1-4-5-12(2,3)16-19(17,18)11-9(13)6-8(15)7-10(11)14/h6-7,16H,4-5,15H2,1-3H3. The van der Waals surface area contributed by atoms with Gasteiger partial charge in [-0.25, -0.2) is 13.1 Å². The normalized spacial score (nSPS) is 12.7. The van der Waals surface area contributed by atoms with Gasteiger partial charge in [-0.15, -0.1) is 0 Å². The van der Waals surface area contributed by atoms with Crippen molar-refractivity contribution in [2.24, 2.45) is 0 Å². The van der Waals surface area contributed by atoms with Gasteiger partial charge in [0.1, 0.15) is 4.90 Å². The molecule has 0 spiro atoms. The number of sulfonamides is 1. The molecule has 1 rings (SSSR count). The summed E-state index contributed by atoms with van der Waals surface area (Å²) in [4.78, 5) is -0.130. The highest BCUT2D eigenvalue weighted by atomic mass is 35.5. The van der Waals surface area contributed by atoms with Crippen molar-refractivity contribution in [1.82, 2.24) is 4.72 Å². The molecule has 0 saturated heterocycles. The third-order valence-electron chi connectivity index (χ3n) is 2.57. The topological polar surface area (TPSA) is 72.2 Å². The highest BCUT2D eigenvalue weighted by Gasteiger charge is 2.29. The number of halogens is 2. The van der Waals surface area contributed by atoms with Gasteiger partial charge in [0, 0.05) is 11.2 Å². The van der Waals surface area contributed by atoms with Crippen LogP contribution in [-0.4, -0.2) is 14.0 Å². The molecule has 1 aromatic rings. The van der Waals surface area contributed by atoms with E-state index in [1.165, 1.54) is 12.1 Å². The summed E-state index contributed by atoms with van der Waals surface area (Å²) >= 11 is 11.9. The molecule has 0 saturated carbocycles. The Hall–Kier alpha value is -0.490. The second kappa shape index (κ2) is 5.87. The van der Waals surface area contributed by atoms with Crippen LogP contribution in [0.1, 0.15) is 33.6 Å². The highest BCUT2D eigenvalue weighted by Crippen LogP contribution is 2.32. The molecule has 7 heteroatoms. The predicted molar refractivity (Wildman–Crippen MR) is 80.2 cm³/mol. The number of nitrogens with one attached hydrogen (secondary N) is 1. The minimum atomic E-state index is -3.79. The minimum Gasteiger partial charge on any atom is -0.399 e. The number of hydrogen-bond donors (Lipinski definition) is 2. The van der Waals surface area contributed by atoms with Crippen LogP contribution in [0.15, 0.2) is 17.0 Å². The summed E-state index contributed by atoms with van der Waals surface area (Å²) in [7, 11) is -3.79. The number of benzene rings is 1. The second-order valence-corrected chi connectivity index (χ2v) is 7.49. The Morgan fingerprint density at radius 3 is 2.16 bits per heavy atom. The van der Waals surface area contributed by atoms with Crippen molar-refractivity contribution >= 4 is 38.9 Å². The van der Waals surface area contributed by atoms with Crippen molar-refractivity contribution in [1.29, 1.82) is 0 Å². The fourth-order valence-electron chi connectivity index (χ4n) is 1.93. The van der Waals surface area contributed by atoms with Crippen molar-refractivity contribution in [3.05, 3.63) is 22.2 Å². The maximum atomic E-state index is 12.4. The Morgan fingerprint density at radius 1 is 1.26 bits per heavy atom. The van der Waals surface area contributed by atoms with Crippen molar-refractivity contribution in [2.75, 3.05) is 5.73 Å². The minimum absolute atomic E-state index is 0.0183. The summed E-state index contributed by atoms with van der Waals surface area (Å²) in [5.74, 6) is 0. The van der Waals surface area contributed by atoms with Gasteiger partial charge in [0.05, 0.1) is 10.0 Å². The van der Waals surface area contributed by atoms with E-state index in [0.29, 0.717) is 12.1 Å². The molecule has 0 aliphatic rings. The fraction of sp³-hybridized carbons (Fsp3) is 0.500. The lowest BCUT2D eigenvalue weighted by molar-refractivity contribution is 0.418. The van der Waals surface area contributed by atoms with E-state index in [2.05, 4.69) is 4.72 Å². The molecule has 0 amide bonds. The first-order chi connectivity index (χ1) is 8.59. The Kier molecular flexibility index (Phi) is 5.12. The molecule has 0 heterocycles. The zero-order valence-electron chi connectivity index (χ0n) is 11.1. The summed E-state index contributed by atoms with van der Waals surface area (Å²) < 4.78 is 27.3. The first kappa shape index (κ1) is 16.6. The van der Waals surface area contributed by atoms with E-state index >= 15 is 0 Å². The van der Waals surface area contributed by atoms with Gasteiger partial charge in [0.15, 0.2) is 0 Å². The highest BCUT2D eigenvalue weighted by molar-refractivity contribution is 7.89. The van der Waals surface area contributed by atoms with Crippen LogP contribution >= 0.6 is 23.2 Å².